The zero-order chi connectivity index (χ0) is 11.2. The first-order chi connectivity index (χ1) is 7.86. The molecule has 1 heterocycles. The van der Waals surface area contributed by atoms with E-state index in [1.165, 1.54) is 25.7 Å². The molecule has 3 nitrogen and oxygen atoms in total. The van der Waals surface area contributed by atoms with Gasteiger partial charge in [0.15, 0.2) is 0 Å². The zero-order valence-electron chi connectivity index (χ0n) is 10.2. The van der Waals surface area contributed by atoms with Gasteiger partial charge in [-0.1, -0.05) is 12.8 Å². The molecule has 94 valence electrons. The molecule has 1 saturated heterocycles. The van der Waals surface area contributed by atoms with Crippen LogP contribution in [-0.2, 0) is 9.47 Å². The lowest BCUT2D eigenvalue weighted by Gasteiger charge is -2.24. The second kappa shape index (κ2) is 6.58. The molecule has 0 radical (unpaired) electrons. The van der Waals surface area contributed by atoms with Gasteiger partial charge < -0.3 is 15.2 Å². The normalized spacial score (nSPS) is 26.1. The highest BCUT2D eigenvalue weighted by Crippen LogP contribution is 2.27. The van der Waals surface area contributed by atoms with Crippen LogP contribution in [0, 0.1) is 11.8 Å². The Kier molecular flexibility index (Phi) is 5.07. The molecular formula is C13H25NO2. The van der Waals surface area contributed by atoms with Gasteiger partial charge in [-0.05, 0) is 37.5 Å². The maximum atomic E-state index is 6.14. The van der Waals surface area contributed by atoms with Crippen molar-refractivity contribution < 1.29 is 9.47 Å². The van der Waals surface area contributed by atoms with Crippen molar-refractivity contribution in [1.82, 2.24) is 0 Å². The molecule has 0 amide bonds. The molecule has 2 fully saturated rings. The molecule has 1 aliphatic heterocycles. The van der Waals surface area contributed by atoms with Crippen molar-refractivity contribution in [3.05, 3.63) is 0 Å². The monoisotopic (exact) mass is 227 g/mol. The molecule has 16 heavy (non-hydrogen) atoms. The SMILES string of the molecule is NC(COCC1CCOCC1)C1CCCC1. The Morgan fingerprint density at radius 3 is 2.50 bits per heavy atom. The van der Waals surface area contributed by atoms with Crippen LogP contribution in [0.15, 0.2) is 0 Å². The summed E-state index contributed by atoms with van der Waals surface area (Å²) >= 11 is 0. The smallest absolute Gasteiger partial charge is 0.0620 e. The average Bonchev–Trinajstić information content (AvgIpc) is 2.84. The second-order valence-corrected chi connectivity index (χ2v) is 5.30. The van der Waals surface area contributed by atoms with Crippen molar-refractivity contribution in [3.8, 4) is 0 Å². The summed E-state index contributed by atoms with van der Waals surface area (Å²) in [7, 11) is 0. The van der Waals surface area contributed by atoms with Crippen LogP contribution in [0.5, 0.6) is 0 Å². The van der Waals surface area contributed by atoms with Crippen LogP contribution in [0.3, 0.4) is 0 Å². The van der Waals surface area contributed by atoms with Crippen LogP contribution in [0.25, 0.3) is 0 Å². The molecule has 0 aromatic rings. The van der Waals surface area contributed by atoms with Crippen LogP contribution in [0.2, 0.25) is 0 Å². The van der Waals surface area contributed by atoms with E-state index in [0.29, 0.717) is 5.92 Å². The van der Waals surface area contributed by atoms with E-state index >= 15 is 0 Å². The predicted molar refractivity (Wildman–Crippen MR) is 64.3 cm³/mol. The molecule has 2 aliphatic rings. The Bertz CT molecular complexity index is 186. The van der Waals surface area contributed by atoms with Gasteiger partial charge in [0.1, 0.15) is 0 Å². The Morgan fingerprint density at radius 2 is 1.81 bits per heavy atom. The van der Waals surface area contributed by atoms with E-state index in [4.69, 9.17) is 15.2 Å². The lowest BCUT2D eigenvalue weighted by molar-refractivity contribution is 0.0142. The van der Waals surface area contributed by atoms with Gasteiger partial charge in [0.25, 0.3) is 0 Å². The number of rotatable bonds is 5. The van der Waals surface area contributed by atoms with Gasteiger partial charge in [0, 0.05) is 25.9 Å². The van der Waals surface area contributed by atoms with Crippen molar-refractivity contribution in [2.24, 2.45) is 17.6 Å². The second-order valence-electron chi connectivity index (χ2n) is 5.30. The van der Waals surface area contributed by atoms with Crippen molar-refractivity contribution in [2.75, 3.05) is 26.4 Å². The first-order valence-electron chi connectivity index (χ1n) is 6.77. The Hall–Kier alpha value is -0.120. The number of hydrogen-bond donors (Lipinski definition) is 1. The van der Waals surface area contributed by atoms with Crippen LogP contribution in [0.1, 0.15) is 38.5 Å². The van der Waals surface area contributed by atoms with E-state index in [9.17, 15) is 0 Å². The minimum atomic E-state index is 0.266. The molecule has 2 N–H and O–H groups in total. The largest absolute Gasteiger partial charge is 0.381 e. The van der Waals surface area contributed by atoms with Gasteiger partial charge in [-0.25, -0.2) is 0 Å². The minimum absolute atomic E-state index is 0.266. The number of ether oxygens (including phenoxy) is 2. The summed E-state index contributed by atoms with van der Waals surface area (Å²) in [4.78, 5) is 0. The van der Waals surface area contributed by atoms with E-state index in [2.05, 4.69) is 0 Å². The minimum Gasteiger partial charge on any atom is -0.381 e. The summed E-state index contributed by atoms with van der Waals surface area (Å²) in [6.45, 7) is 3.44. The van der Waals surface area contributed by atoms with E-state index in [-0.39, 0.29) is 6.04 Å². The summed E-state index contributed by atoms with van der Waals surface area (Å²) < 4.78 is 11.1. The topological polar surface area (TPSA) is 44.5 Å². The van der Waals surface area contributed by atoms with E-state index in [0.717, 1.165) is 45.2 Å². The Labute approximate surface area is 98.7 Å². The first-order valence-corrected chi connectivity index (χ1v) is 6.77. The third-order valence-corrected chi connectivity index (χ3v) is 4.01. The van der Waals surface area contributed by atoms with Gasteiger partial charge in [0.05, 0.1) is 6.61 Å². The van der Waals surface area contributed by atoms with Crippen LogP contribution in [0.4, 0.5) is 0 Å². The first kappa shape index (κ1) is 12.3. The molecule has 0 aromatic heterocycles. The third-order valence-electron chi connectivity index (χ3n) is 4.01. The average molecular weight is 227 g/mol. The van der Waals surface area contributed by atoms with Crippen molar-refractivity contribution >= 4 is 0 Å². The van der Waals surface area contributed by atoms with Crippen LogP contribution >= 0.6 is 0 Å². The van der Waals surface area contributed by atoms with Crippen LogP contribution < -0.4 is 5.73 Å². The van der Waals surface area contributed by atoms with Gasteiger partial charge in [-0.2, -0.15) is 0 Å². The number of nitrogens with two attached hydrogens (primary N) is 1. The fourth-order valence-corrected chi connectivity index (χ4v) is 2.81. The fraction of sp³-hybridized carbons (Fsp3) is 1.00. The van der Waals surface area contributed by atoms with Crippen molar-refractivity contribution in [3.63, 3.8) is 0 Å². The van der Waals surface area contributed by atoms with Gasteiger partial charge in [-0.3, -0.25) is 0 Å². The zero-order valence-corrected chi connectivity index (χ0v) is 10.2. The van der Waals surface area contributed by atoms with Crippen molar-refractivity contribution in [2.45, 2.75) is 44.6 Å². The summed E-state index contributed by atoms with van der Waals surface area (Å²) in [6, 6.07) is 0.266. The summed E-state index contributed by atoms with van der Waals surface area (Å²) in [5.74, 6) is 1.42. The summed E-state index contributed by atoms with van der Waals surface area (Å²) in [6.07, 6.45) is 7.64. The van der Waals surface area contributed by atoms with Gasteiger partial charge in [0.2, 0.25) is 0 Å². The highest BCUT2D eigenvalue weighted by Gasteiger charge is 2.22. The van der Waals surface area contributed by atoms with Crippen LogP contribution in [-0.4, -0.2) is 32.5 Å². The summed E-state index contributed by atoms with van der Waals surface area (Å²) in [5.41, 5.74) is 6.14. The van der Waals surface area contributed by atoms with E-state index in [1.807, 2.05) is 0 Å². The molecule has 3 heteroatoms. The maximum absolute atomic E-state index is 6.14. The molecule has 0 aromatic carbocycles. The highest BCUT2D eigenvalue weighted by atomic mass is 16.5. The third kappa shape index (κ3) is 3.72. The molecule has 1 unspecified atom stereocenters. The molecule has 1 saturated carbocycles. The quantitative estimate of drug-likeness (QED) is 0.780. The lowest BCUT2D eigenvalue weighted by Crippen LogP contribution is -2.34. The summed E-state index contributed by atoms with van der Waals surface area (Å²) in [5, 5.41) is 0. The molecular weight excluding hydrogens is 202 g/mol. The van der Waals surface area contributed by atoms with Gasteiger partial charge >= 0.3 is 0 Å². The number of hydrogen-bond acceptors (Lipinski definition) is 3. The fourth-order valence-electron chi connectivity index (χ4n) is 2.81. The highest BCUT2D eigenvalue weighted by molar-refractivity contribution is 4.77. The molecule has 0 spiro atoms. The Balaban J connectivity index is 1.56. The molecule has 1 atom stereocenters. The molecule has 1 aliphatic carbocycles. The molecule has 2 rings (SSSR count). The standard InChI is InChI=1S/C13H25NO2/c14-13(12-3-1-2-4-12)10-16-9-11-5-7-15-8-6-11/h11-13H,1-10,14H2. The Morgan fingerprint density at radius 1 is 1.12 bits per heavy atom. The van der Waals surface area contributed by atoms with E-state index < -0.39 is 0 Å². The predicted octanol–water partition coefficient (Wildman–Crippen LogP) is 1.95. The van der Waals surface area contributed by atoms with Gasteiger partial charge in [-0.15, -0.1) is 0 Å². The molecule has 0 bridgehead atoms. The lowest BCUT2D eigenvalue weighted by atomic mass is 9.99. The van der Waals surface area contributed by atoms with E-state index in [1.54, 1.807) is 0 Å². The maximum Gasteiger partial charge on any atom is 0.0620 e. The van der Waals surface area contributed by atoms with Crippen molar-refractivity contribution in [1.29, 1.82) is 0 Å².